The Morgan fingerprint density at radius 3 is 2.65 bits per heavy atom. The monoisotopic (exact) mass is 389 g/mol. The van der Waals surface area contributed by atoms with Gasteiger partial charge in [0.2, 0.25) is 0 Å². The summed E-state index contributed by atoms with van der Waals surface area (Å²) in [6.45, 7) is 4.57. The van der Waals surface area contributed by atoms with Crippen LogP contribution in [0.4, 0.5) is 0 Å². The van der Waals surface area contributed by atoms with E-state index in [9.17, 15) is 9.90 Å². The molecule has 1 unspecified atom stereocenters. The van der Waals surface area contributed by atoms with E-state index in [1.807, 2.05) is 30.3 Å². The molecule has 0 radical (unpaired) electrons. The summed E-state index contributed by atoms with van der Waals surface area (Å²) in [5, 5.41) is 13.1. The maximum atomic E-state index is 12.8. The number of aliphatic hydroxyl groups is 1. The van der Waals surface area contributed by atoms with E-state index in [-0.39, 0.29) is 11.3 Å². The summed E-state index contributed by atoms with van der Waals surface area (Å²) in [6, 6.07) is 12.0. The van der Waals surface area contributed by atoms with E-state index in [0.717, 1.165) is 33.9 Å². The first-order chi connectivity index (χ1) is 12.6. The summed E-state index contributed by atoms with van der Waals surface area (Å²) in [5.74, 6) is 0.964. The van der Waals surface area contributed by atoms with Gasteiger partial charge in [-0.3, -0.25) is 4.79 Å². The van der Waals surface area contributed by atoms with Crippen molar-refractivity contribution in [3.63, 3.8) is 0 Å². The van der Waals surface area contributed by atoms with Crippen LogP contribution in [0.5, 0.6) is 0 Å². The minimum Gasteiger partial charge on any atom is -0.388 e. The third-order valence-electron chi connectivity index (χ3n) is 5.14. The van der Waals surface area contributed by atoms with Gasteiger partial charge < -0.3 is 10.4 Å². The molecule has 1 aliphatic rings. The van der Waals surface area contributed by atoms with E-state index in [2.05, 4.69) is 18.3 Å². The molecular formula is C21H27NO2S2. The molecule has 1 amide bonds. The standard InChI is InChI=1S/C21H27NO2S2/c1-3-25-18-9-5-4-8-16(18)20(24)22-14-21(12-6-7-13-21)19-11-10-17(26-19)15(2)23/h4-5,8-11,15,23H,3,6-7,12-14H2,1-2H3,(H,22,24). The SMILES string of the molecule is CCSc1ccccc1C(=O)NCC1(c2ccc(C(C)O)s2)CCCC1. The lowest BCUT2D eigenvalue weighted by molar-refractivity contribution is 0.0940. The molecule has 1 heterocycles. The summed E-state index contributed by atoms with van der Waals surface area (Å²) in [7, 11) is 0. The lowest BCUT2D eigenvalue weighted by Gasteiger charge is -2.28. The molecular weight excluding hydrogens is 362 g/mol. The second kappa shape index (κ2) is 8.59. The zero-order chi connectivity index (χ0) is 18.6. The average Bonchev–Trinajstić information content (AvgIpc) is 3.31. The fourth-order valence-electron chi connectivity index (χ4n) is 3.70. The highest BCUT2D eigenvalue weighted by molar-refractivity contribution is 7.99. The number of benzene rings is 1. The van der Waals surface area contributed by atoms with Crippen LogP contribution in [-0.2, 0) is 5.41 Å². The number of thiophene rings is 1. The van der Waals surface area contributed by atoms with Crippen LogP contribution in [0, 0.1) is 0 Å². The van der Waals surface area contributed by atoms with Gasteiger partial charge in [-0.15, -0.1) is 23.1 Å². The Balaban J connectivity index is 1.76. The molecule has 2 aromatic rings. The summed E-state index contributed by atoms with van der Waals surface area (Å²) in [5.41, 5.74) is 0.781. The fraction of sp³-hybridized carbons (Fsp3) is 0.476. The van der Waals surface area contributed by atoms with Crippen molar-refractivity contribution in [1.29, 1.82) is 0 Å². The number of rotatable bonds is 7. The lowest BCUT2D eigenvalue weighted by atomic mass is 9.84. The lowest BCUT2D eigenvalue weighted by Crippen LogP contribution is -2.38. The number of carbonyl (C=O) groups excluding carboxylic acids is 1. The Bertz CT molecular complexity index is 748. The molecule has 1 fully saturated rings. The largest absolute Gasteiger partial charge is 0.388 e. The predicted octanol–water partition coefficient (Wildman–Crippen LogP) is 5.16. The first-order valence-corrected chi connectivity index (χ1v) is 11.1. The smallest absolute Gasteiger partial charge is 0.252 e. The average molecular weight is 390 g/mol. The number of nitrogens with one attached hydrogen (secondary N) is 1. The molecule has 0 bridgehead atoms. The van der Waals surface area contributed by atoms with Gasteiger partial charge in [0.25, 0.3) is 5.91 Å². The highest BCUT2D eigenvalue weighted by Crippen LogP contribution is 2.44. The van der Waals surface area contributed by atoms with E-state index in [0.29, 0.717) is 6.54 Å². The predicted molar refractivity (Wildman–Crippen MR) is 110 cm³/mol. The molecule has 5 heteroatoms. The first-order valence-electron chi connectivity index (χ1n) is 9.34. The van der Waals surface area contributed by atoms with E-state index in [1.54, 1.807) is 30.0 Å². The molecule has 0 saturated heterocycles. The maximum absolute atomic E-state index is 12.8. The number of carbonyl (C=O) groups is 1. The summed E-state index contributed by atoms with van der Waals surface area (Å²) in [6.07, 6.45) is 4.15. The molecule has 0 spiro atoms. The molecule has 1 aromatic carbocycles. The van der Waals surface area contributed by atoms with Crippen LogP contribution in [0.15, 0.2) is 41.3 Å². The van der Waals surface area contributed by atoms with Crippen molar-refractivity contribution < 1.29 is 9.90 Å². The van der Waals surface area contributed by atoms with Gasteiger partial charge >= 0.3 is 0 Å². The third kappa shape index (κ3) is 4.16. The van der Waals surface area contributed by atoms with Crippen LogP contribution >= 0.6 is 23.1 Å². The van der Waals surface area contributed by atoms with Gasteiger partial charge in [-0.1, -0.05) is 31.9 Å². The van der Waals surface area contributed by atoms with Crippen LogP contribution in [0.2, 0.25) is 0 Å². The summed E-state index contributed by atoms with van der Waals surface area (Å²) in [4.78, 5) is 16.2. The molecule has 0 aliphatic heterocycles. The second-order valence-corrected chi connectivity index (χ2v) is 9.40. The molecule has 2 N–H and O–H groups in total. The molecule has 3 nitrogen and oxygen atoms in total. The minimum absolute atomic E-state index is 0.0140. The van der Waals surface area contributed by atoms with Crippen molar-refractivity contribution in [2.24, 2.45) is 0 Å². The Morgan fingerprint density at radius 1 is 1.27 bits per heavy atom. The highest BCUT2D eigenvalue weighted by atomic mass is 32.2. The number of hydrogen-bond donors (Lipinski definition) is 2. The van der Waals surface area contributed by atoms with Gasteiger partial charge in [0.15, 0.2) is 0 Å². The second-order valence-electron chi connectivity index (χ2n) is 6.98. The van der Waals surface area contributed by atoms with E-state index >= 15 is 0 Å². The van der Waals surface area contributed by atoms with Gasteiger partial charge in [-0.05, 0) is 49.8 Å². The molecule has 140 valence electrons. The Hall–Kier alpha value is -1.30. The summed E-state index contributed by atoms with van der Waals surface area (Å²) < 4.78 is 0. The van der Waals surface area contributed by atoms with Crippen LogP contribution in [0.25, 0.3) is 0 Å². The van der Waals surface area contributed by atoms with Crippen LogP contribution in [0.1, 0.15) is 65.7 Å². The number of thioether (sulfide) groups is 1. The van der Waals surface area contributed by atoms with Gasteiger partial charge in [0.05, 0.1) is 11.7 Å². The Labute approximate surface area is 164 Å². The fourth-order valence-corrected chi connectivity index (χ4v) is 5.70. The minimum atomic E-state index is -0.431. The zero-order valence-corrected chi connectivity index (χ0v) is 17.1. The molecule has 1 atom stereocenters. The van der Waals surface area contributed by atoms with Crippen molar-refractivity contribution >= 4 is 29.0 Å². The van der Waals surface area contributed by atoms with Crippen molar-refractivity contribution in [3.05, 3.63) is 51.7 Å². The van der Waals surface area contributed by atoms with Gasteiger partial charge in [0.1, 0.15) is 0 Å². The quantitative estimate of drug-likeness (QED) is 0.644. The maximum Gasteiger partial charge on any atom is 0.252 e. The number of hydrogen-bond acceptors (Lipinski definition) is 4. The van der Waals surface area contributed by atoms with Crippen LogP contribution in [-0.4, -0.2) is 23.3 Å². The molecule has 1 aliphatic carbocycles. The normalized spacial score (nSPS) is 17.2. The van der Waals surface area contributed by atoms with E-state index < -0.39 is 6.10 Å². The highest BCUT2D eigenvalue weighted by Gasteiger charge is 2.37. The molecule has 26 heavy (non-hydrogen) atoms. The van der Waals surface area contributed by atoms with E-state index in [1.165, 1.54) is 17.7 Å². The van der Waals surface area contributed by atoms with Gasteiger partial charge in [-0.25, -0.2) is 0 Å². The van der Waals surface area contributed by atoms with Gasteiger partial charge in [0, 0.05) is 26.6 Å². The van der Waals surface area contributed by atoms with Crippen LogP contribution in [0.3, 0.4) is 0 Å². The zero-order valence-electron chi connectivity index (χ0n) is 15.5. The number of amides is 1. The van der Waals surface area contributed by atoms with Crippen molar-refractivity contribution in [1.82, 2.24) is 5.32 Å². The first kappa shape index (κ1) is 19.5. The van der Waals surface area contributed by atoms with Crippen molar-refractivity contribution in [2.75, 3.05) is 12.3 Å². The van der Waals surface area contributed by atoms with E-state index in [4.69, 9.17) is 0 Å². The third-order valence-corrected chi connectivity index (χ3v) is 7.60. The molecule has 1 saturated carbocycles. The Kier molecular flexibility index (Phi) is 6.43. The molecule has 3 rings (SSSR count). The summed E-state index contributed by atoms with van der Waals surface area (Å²) >= 11 is 3.39. The van der Waals surface area contributed by atoms with Crippen molar-refractivity contribution in [3.8, 4) is 0 Å². The van der Waals surface area contributed by atoms with Crippen LogP contribution < -0.4 is 5.32 Å². The topological polar surface area (TPSA) is 49.3 Å². The Morgan fingerprint density at radius 2 is 2.00 bits per heavy atom. The van der Waals surface area contributed by atoms with Gasteiger partial charge in [-0.2, -0.15) is 0 Å². The number of aliphatic hydroxyl groups excluding tert-OH is 1. The molecule has 1 aromatic heterocycles. The van der Waals surface area contributed by atoms with Crippen molar-refractivity contribution in [2.45, 2.75) is 55.9 Å².